The Labute approximate surface area is 113 Å². The first kappa shape index (κ1) is 14.4. The van der Waals surface area contributed by atoms with Crippen LogP contribution in [0.25, 0.3) is 0 Å². The summed E-state index contributed by atoms with van der Waals surface area (Å²) in [7, 11) is 0. The molecule has 1 rings (SSSR count). The third-order valence-electron chi connectivity index (χ3n) is 2.23. The molecule has 18 heavy (non-hydrogen) atoms. The Hall–Kier alpha value is -1.62. The van der Waals surface area contributed by atoms with E-state index >= 15 is 0 Å². The average molecular weight is 266 g/mol. The summed E-state index contributed by atoms with van der Waals surface area (Å²) in [5, 5.41) is 2.75. The number of carbonyl (C=O) groups excluding carboxylic acids is 1. The van der Waals surface area contributed by atoms with Crippen LogP contribution in [0.2, 0.25) is 0 Å². The normalized spacial score (nSPS) is 9.83. The number of nitrogens with two attached hydrogens (primary N) is 1. The minimum absolute atomic E-state index is 0.145. The van der Waals surface area contributed by atoms with E-state index in [9.17, 15) is 4.79 Å². The molecule has 0 aliphatic carbocycles. The first-order chi connectivity index (χ1) is 8.63. The molecule has 0 radical (unpaired) electrons. The molecule has 0 aliphatic rings. The Morgan fingerprint density at radius 1 is 1.50 bits per heavy atom. The van der Waals surface area contributed by atoms with Crippen LogP contribution in [0.4, 0.5) is 0 Å². The van der Waals surface area contributed by atoms with E-state index in [1.807, 2.05) is 13.0 Å². The molecule has 0 bridgehead atoms. The molecule has 0 heterocycles. The lowest BCUT2D eigenvalue weighted by molar-refractivity contribution is 0.0954. The van der Waals surface area contributed by atoms with Crippen LogP contribution in [0.15, 0.2) is 24.3 Å². The highest BCUT2D eigenvalue weighted by molar-refractivity contribution is 7.80. The first-order valence-electron chi connectivity index (χ1n) is 5.93. The van der Waals surface area contributed by atoms with Crippen molar-refractivity contribution in [1.29, 1.82) is 0 Å². The minimum atomic E-state index is -0.145. The molecule has 1 aromatic rings. The quantitative estimate of drug-likeness (QED) is 0.740. The van der Waals surface area contributed by atoms with Crippen LogP contribution >= 0.6 is 12.2 Å². The zero-order chi connectivity index (χ0) is 13.4. The Kier molecular flexibility index (Phi) is 6.14. The van der Waals surface area contributed by atoms with Crippen molar-refractivity contribution in [3.05, 3.63) is 29.8 Å². The number of thiocarbonyl (C=S) groups is 1. The molecule has 98 valence electrons. The fourth-order valence-corrected chi connectivity index (χ4v) is 1.45. The number of carbonyl (C=O) groups is 1. The van der Waals surface area contributed by atoms with E-state index < -0.39 is 0 Å². The summed E-state index contributed by atoms with van der Waals surface area (Å²) in [5.74, 6) is 0.562. The van der Waals surface area contributed by atoms with Crippen molar-refractivity contribution in [3.8, 4) is 5.75 Å². The summed E-state index contributed by atoms with van der Waals surface area (Å²) in [6, 6.07) is 7.11. The van der Waals surface area contributed by atoms with Crippen LogP contribution < -0.4 is 15.8 Å². The molecule has 0 atom stereocenters. The maximum Gasteiger partial charge on any atom is 0.251 e. The zero-order valence-corrected chi connectivity index (χ0v) is 11.3. The second-order valence-electron chi connectivity index (χ2n) is 3.85. The van der Waals surface area contributed by atoms with Gasteiger partial charge in [-0.15, -0.1) is 0 Å². The molecule has 0 aliphatic heterocycles. The molecular formula is C13H18N2O2S. The molecule has 4 nitrogen and oxygen atoms in total. The topological polar surface area (TPSA) is 64.3 Å². The van der Waals surface area contributed by atoms with Gasteiger partial charge in [-0.3, -0.25) is 4.79 Å². The maximum atomic E-state index is 11.8. The Bertz CT molecular complexity index is 421. The van der Waals surface area contributed by atoms with Crippen LogP contribution in [0.5, 0.6) is 5.75 Å². The van der Waals surface area contributed by atoms with Crippen molar-refractivity contribution in [3.63, 3.8) is 0 Å². The third kappa shape index (κ3) is 5.14. The average Bonchev–Trinajstić information content (AvgIpc) is 2.36. The van der Waals surface area contributed by atoms with Crippen LogP contribution in [0.1, 0.15) is 30.1 Å². The first-order valence-corrected chi connectivity index (χ1v) is 6.33. The van der Waals surface area contributed by atoms with Crippen LogP contribution in [0.3, 0.4) is 0 Å². The lowest BCUT2D eigenvalue weighted by Crippen LogP contribution is -2.27. The van der Waals surface area contributed by atoms with E-state index in [1.165, 1.54) is 0 Å². The van der Waals surface area contributed by atoms with Gasteiger partial charge in [-0.1, -0.05) is 25.2 Å². The van der Waals surface area contributed by atoms with E-state index in [-0.39, 0.29) is 5.91 Å². The van der Waals surface area contributed by atoms with E-state index in [2.05, 4.69) is 5.32 Å². The second-order valence-corrected chi connectivity index (χ2v) is 4.37. The number of hydrogen-bond acceptors (Lipinski definition) is 3. The summed E-state index contributed by atoms with van der Waals surface area (Å²) >= 11 is 4.74. The summed E-state index contributed by atoms with van der Waals surface area (Å²) in [4.78, 5) is 12.2. The van der Waals surface area contributed by atoms with Gasteiger partial charge in [0.1, 0.15) is 5.75 Å². The van der Waals surface area contributed by atoms with E-state index in [4.69, 9.17) is 22.7 Å². The van der Waals surface area contributed by atoms with Gasteiger partial charge < -0.3 is 15.8 Å². The van der Waals surface area contributed by atoms with Gasteiger partial charge in [-0.2, -0.15) is 0 Å². The van der Waals surface area contributed by atoms with Gasteiger partial charge in [0.15, 0.2) is 0 Å². The standard InChI is InChI=1S/C13H18N2O2S/c1-2-8-17-11-5-3-4-10(9-11)13(16)15-7-6-12(14)18/h3-5,9H,2,6-8H2,1H3,(H2,14,18)(H,15,16). The smallest absolute Gasteiger partial charge is 0.251 e. The molecule has 0 unspecified atom stereocenters. The van der Waals surface area contributed by atoms with Crippen molar-refractivity contribution < 1.29 is 9.53 Å². The summed E-state index contributed by atoms with van der Waals surface area (Å²) in [5.41, 5.74) is 5.93. The second kappa shape index (κ2) is 7.66. The Balaban J connectivity index is 2.54. The van der Waals surface area contributed by atoms with Crippen molar-refractivity contribution in [1.82, 2.24) is 5.32 Å². The van der Waals surface area contributed by atoms with Crippen LogP contribution in [-0.4, -0.2) is 24.0 Å². The molecule has 0 spiro atoms. The zero-order valence-electron chi connectivity index (χ0n) is 10.4. The highest BCUT2D eigenvalue weighted by Gasteiger charge is 2.06. The summed E-state index contributed by atoms with van der Waals surface area (Å²) in [6.45, 7) is 3.13. The van der Waals surface area contributed by atoms with Gasteiger partial charge in [0.25, 0.3) is 5.91 Å². The van der Waals surface area contributed by atoms with Gasteiger partial charge in [-0.25, -0.2) is 0 Å². The molecule has 0 aromatic heterocycles. The Morgan fingerprint density at radius 2 is 2.28 bits per heavy atom. The monoisotopic (exact) mass is 266 g/mol. The van der Waals surface area contributed by atoms with Gasteiger partial charge in [0.05, 0.1) is 11.6 Å². The summed E-state index contributed by atoms with van der Waals surface area (Å²) < 4.78 is 5.47. The van der Waals surface area contributed by atoms with Crippen molar-refractivity contribution in [2.24, 2.45) is 5.73 Å². The fraction of sp³-hybridized carbons (Fsp3) is 0.385. The molecule has 0 fully saturated rings. The number of benzene rings is 1. The lowest BCUT2D eigenvalue weighted by Gasteiger charge is -2.07. The molecule has 3 N–H and O–H groups in total. The van der Waals surface area contributed by atoms with Crippen molar-refractivity contribution >= 4 is 23.1 Å². The third-order valence-corrected chi connectivity index (χ3v) is 2.43. The molecule has 1 amide bonds. The van der Waals surface area contributed by atoms with Crippen molar-refractivity contribution in [2.45, 2.75) is 19.8 Å². The van der Waals surface area contributed by atoms with Crippen molar-refractivity contribution in [2.75, 3.05) is 13.2 Å². The van der Waals surface area contributed by atoms with Crippen LogP contribution in [-0.2, 0) is 0 Å². The number of hydrogen-bond donors (Lipinski definition) is 2. The number of amides is 1. The largest absolute Gasteiger partial charge is 0.494 e. The lowest BCUT2D eigenvalue weighted by atomic mass is 10.2. The van der Waals surface area contributed by atoms with E-state index in [0.717, 1.165) is 6.42 Å². The highest BCUT2D eigenvalue weighted by atomic mass is 32.1. The minimum Gasteiger partial charge on any atom is -0.494 e. The van der Waals surface area contributed by atoms with E-state index in [0.29, 0.717) is 35.9 Å². The summed E-state index contributed by atoms with van der Waals surface area (Å²) in [6.07, 6.45) is 1.44. The molecular weight excluding hydrogens is 248 g/mol. The van der Waals surface area contributed by atoms with Gasteiger partial charge >= 0.3 is 0 Å². The number of rotatable bonds is 7. The highest BCUT2D eigenvalue weighted by Crippen LogP contribution is 2.13. The van der Waals surface area contributed by atoms with Gasteiger partial charge in [-0.05, 0) is 24.6 Å². The molecule has 5 heteroatoms. The predicted octanol–water partition coefficient (Wildman–Crippen LogP) is 1.88. The maximum absolute atomic E-state index is 11.8. The fourth-order valence-electron chi connectivity index (χ4n) is 1.35. The molecule has 0 saturated carbocycles. The van der Waals surface area contributed by atoms with Gasteiger partial charge in [0.2, 0.25) is 0 Å². The molecule has 0 saturated heterocycles. The number of ether oxygens (including phenoxy) is 1. The SMILES string of the molecule is CCCOc1cccc(C(=O)NCCC(N)=S)c1. The number of nitrogens with one attached hydrogen (secondary N) is 1. The Morgan fingerprint density at radius 3 is 2.94 bits per heavy atom. The van der Waals surface area contributed by atoms with Gasteiger partial charge in [0, 0.05) is 18.5 Å². The van der Waals surface area contributed by atoms with Crippen LogP contribution in [0, 0.1) is 0 Å². The van der Waals surface area contributed by atoms with E-state index in [1.54, 1.807) is 18.2 Å². The predicted molar refractivity (Wildman–Crippen MR) is 76.0 cm³/mol. The molecule has 1 aromatic carbocycles.